The Morgan fingerprint density at radius 2 is 1.08 bits per heavy atom. The first-order chi connectivity index (χ1) is 30.5. The maximum Gasteiger partial charge on any atom is 0.235 e. The molecular weight excluding hydrogens is 757 g/mol. The molecule has 0 bridgehead atoms. The number of benzene rings is 9. The van der Waals surface area contributed by atoms with E-state index < -0.39 is 0 Å². The van der Waals surface area contributed by atoms with E-state index in [0.717, 1.165) is 60.8 Å². The number of fused-ring (bicyclic) bond motifs is 16. The average Bonchev–Trinajstić information content (AvgIpc) is 4.04. The van der Waals surface area contributed by atoms with Gasteiger partial charge in [0.15, 0.2) is 0 Å². The van der Waals surface area contributed by atoms with Crippen LogP contribution in [0.15, 0.2) is 186 Å². The molecule has 14 rings (SSSR count). The maximum atomic E-state index is 6.69. The van der Waals surface area contributed by atoms with Crippen LogP contribution in [0.1, 0.15) is 25.0 Å². The molecule has 4 aromatic heterocycles. The van der Waals surface area contributed by atoms with Gasteiger partial charge < -0.3 is 8.98 Å². The Hall–Kier alpha value is -8.02. The van der Waals surface area contributed by atoms with Gasteiger partial charge >= 0.3 is 0 Å². The van der Waals surface area contributed by atoms with Crippen molar-refractivity contribution in [1.29, 1.82) is 0 Å². The van der Waals surface area contributed by atoms with Crippen molar-refractivity contribution in [3.05, 3.63) is 193 Å². The standard InChI is InChI=1S/C57H36N4O/c1-57(2)43-25-10-5-21-39(43)52-44(57)31-30-41-51-37-20-4-3-18-35(37)48(60-46-27-12-7-16-33(46)34-17-8-13-28-47(34)60)32-49(51)61(54(41)52)56-58-45-26-11-6-22-40(45)53(59-56)42-24-15-23-38-36-19-9-14-29-50(36)62-55(38)42/h3-32H,1-2H3. The number of hydrogen-bond acceptors (Lipinski definition) is 3. The van der Waals surface area contributed by atoms with Crippen LogP contribution >= 0.6 is 0 Å². The van der Waals surface area contributed by atoms with Crippen molar-refractivity contribution < 1.29 is 4.42 Å². The summed E-state index contributed by atoms with van der Waals surface area (Å²) in [5.74, 6) is 0.617. The lowest BCUT2D eigenvalue weighted by atomic mass is 9.82. The fourth-order valence-electron chi connectivity index (χ4n) is 11.0. The van der Waals surface area contributed by atoms with E-state index in [4.69, 9.17) is 14.4 Å². The first-order valence-corrected chi connectivity index (χ1v) is 21.3. The highest BCUT2D eigenvalue weighted by molar-refractivity contribution is 6.26. The van der Waals surface area contributed by atoms with E-state index in [1.54, 1.807) is 0 Å². The number of nitrogens with zero attached hydrogens (tertiary/aromatic N) is 4. The number of aromatic nitrogens is 4. The van der Waals surface area contributed by atoms with Crippen LogP contribution in [0.25, 0.3) is 121 Å². The molecule has 0 atom stereocenters. The van der Waals surface area contributed by atoms with Gasteiger partial charge in [0.25, 0.3) is 0 Å². The molecule has 4 heterocycles. The zero-order chi connectivity index (χ0) is 40.8. The maximum absolute atomic E-state index is 6.69. The van der Waals surface area contributed by atoms with Crippen molar-refractivity contribution in [2.24, 2.45) is 0 Å². The van der Waals surface area contributed by atoms with Gasteiger partial charge in [-0.25, -0.2) is 9.97 Å². The number of hydrogen-bond donors (Lipinski definition) is 0. The number of rotatable bonds is 3. The molecule has 0 aliphatic heterocycles. The summed E-state index contributed by atoms with van der Waals surface area (Å²) >= 11 is 0. The van der Waals surface area contributed by atoms with E-state index in [1.165, 1.54) is 65.6 Å². The first kappa shape index (κ1) is 33.8. The summed E-state index contributed by atoms with van der Waals surface area (Å²) in [7, 11) is 0. The smallest absolute Gasteiger partial charge is 0.235 e. The van der Waals surface area contributed by atoms with E-state index in [2.05, 4.69) is 193 Å². The minimum atomic E-state index is -0.204. The van der Waals surface area contributed by atoms with Crippen molar-refractivity contribution in [3.8, 4) is 34.0 Å². The van der Waals surface area contributed by atoms with Gasteiger partial charge in [0.2, 0.25) is 5.95 Å². The fourth-order valence-corrected chi connectivity index (χ4v) is 11.0. The van der Waals surface area contributed by atoms with Crippen LogP contribution in [0.5, 0.6) is 0 Å². The summed E-state index contributed by atoms with van der Waals surface area (Å²) < 4.78 is 11.5. The molecule has 62 heavy (non-hydrogen) atoms. The van der Waals surface area contributed by atoms with Crippen molar-refractivity contribution in [2.45, 2.75) is 19.3 Å². The summed E-state index contributed by atoms with van der Waals surface area (Å²) in [6.45, 7) is 4.70. The highest BCUT2D eigenvalue weighted by atomic mass is 16.3. The lowest BCUT2D eigenvalue weighted by molar-refractivity contribution is 0.660. The SMILES string of the molecule is CC1(C)c2ccccc2-c2c1ccc1c3c4ccccc4c(-n4c5ccccc5c5ccccc54)cc3n(-c3nc(-c4cccc5c4oc4ccccc45)c4ccccc4n3)c21. The van der Waals surface area contributed by atoms with Gasteiger partial charge in [0, 0.05) is 59.6 Å². The van der Waals surface area contributed by atoms with Crippen LogP contribution in [0.4, 0.5) is 0 Å². The molecular formula is C57H36N4O. The summed E-state index contributed by atoms with van der Waals surface area (Å²) in [6.07, 6.45) is 0. The Morgan fingerprint density at radius 1 is 0.452 bits per heavy atom. The molecule has 5 heteroatoms. The van der Waals surface area contributed by atoms with Gasteiger partial charge in [0.05, 0.1) is 39.0 Å². The molecule has 9 aromatic carbocycles. The van der Waals surface area contributed by atoms with Crippen molar-refractivity contribution in [3.63, 3.8) is 0 Å². The molecule has 0 saturated heterocycles. The van der Waals surface area contributed by atoms with E-state index in [1.807, 2.05) is 12.1 Å². The lowest BCUT2D eigenvalue weighted by Gasteiger charge is -2.21. The predicted octanol–water partition coefficient (Wildman–Crippen LogP) is 14.8. The van der Waals surface area contributed by atoms with Gasteiger partial charge in [0.1, 0.15) is 11.2 Å². The third-order valence-electron chi connectivity index (χ3n) is 13.7. The van der Waals surface area contributed by atoms with Crippen molar-refractivity contribution in [2.75, 3.05) is 0 Å². The molecule has 0 spiro atoms. The van der Waals surface area contributed by atoms with Crippen LogP contribution in [-0.2, 0) is 5.41 Å². The highest BCUT2D eigenvalue weighted by Crippen LogP contribution is 2.54. The fraction of sp³-hybridized carbons (Fsp3) is 0.0526. The van der Waals surface area contributed by atoms with E-state index >= 15 is 0 Å². The summed E-state index contributed by atoms with van der Waals surface area (Å²) in [5, 5.41) is 10.3. The third-order valence-corrected chi connectivity index (χ3v) is 13.7. The second kappa shape index (κ2) is 12.1. The average molecular weight is 793 g/mol. The summed E-state index contributed by atoms with van der Waals surface area (Å²) in [4.78, 5) is 11.2. The molecule has 0 N–H and O–H groups in total. The molecule has 5 nitrogen and oxygen atoms in total. The van der Waals surface area contributed by atoms with Crippen LogP contribution < -0.4 is 0 Å². The lowest BCUT2D eigenvalue weighted by Crippen LogP contribution is -2.14. The molecule has 1 aliphatic carbocycles. The Kier molecular flexibility index (Phi) is 6.57. The molecule has 0 unspecified atom stereocenters. The third kappa shape index (κ3) is 4.31. The van der Waals surface area contributed by atoms with Crippen LogP contribution in [0.3, 0.4) is 0 Å². The molecule has 0 radical (unpaired) electrons. The minimum Gasteiger partial charge on any atom is -0.455 e. The second-order valence-electron chi connectivity index (χ2n) is 17.3. The highest BCUT2D eigenvalue weighted by Gasteiger charge is 2.38. The monoisotopic (exact) mass is 792 g/mol. The molecule has 0 saturated carbocycles. The zero-order valence-corrected chi connectivity index (χ0v) is 34.0. The Morgan fingerprint density at radius 3 is 1.89 bits per heavy atom. The largest absolute Gasteiger partial charge is 0.455 e. The number of furan rings is 1. The van der Waals surface area contributed by atoms with Crippen molar-refractivity contribution >= 4 is 87.2 Å². The summed E-state index contributed by atoms with van der Waals surface area (Å²) in [5.41, 5.74) is 14.8. The second-order valence-corrected chi connectivity index (χ2v) is 17.3. The molecule has 0 amide bonds. The van der Waals surface area contributed by atoms with Gasteiger partial charge in [-0.2, -0.15) is 0 Å². The normalized spacial score (nSPS) is 13.5. The van der Waals surface area contributed by atoms with Crippen LogP contribution in [0.2, 0.25) is 0 Å². The first-order valence-electron chi connectivity index (χ1n) is 21.3. The quantitative estimate of drug-likeness (QED) is 0.179. The van der Waals surface area contributed by atoms with Crippen LogP contribution in [-0.4, -0.2) is 19.1 Å². The van der Waals surface area contributed by atoms with E-state index in [0.29, 0.717) is 5.95 Å². The summed E-state index contributed by atoms with van der Waals surface area (Å²) in [6, 6.07) is 65.5. The van der Waals surface area contributed by atoms with Gasteiger partial charge in [-0.3, -0.25) is 4.57 Å². The molecule has 1 aliphatic rings. The van der Waals surface area contributed by atoms with E-state index in [9.17, 15) is 0 Å². The Bertz CT molecular complexity index is 4030. The Labute approximate surface area is 355 Å². The molecule has 0 fully saturated rings. The predicted molar refractivity (Wildman–Crippen MR) is 256 cm³/mol. The topological polar surface area (TPSA) is 48.8 Å². The van der Waals surface area contributed by atoms with Crippen LogP contribution in [0, 0.1) is 0 Å². The van der Waals surface area contributed by atoms with Crippen molar-refractivity contribution in [1.82, 2.24) is 19.1 Å². The minimum absolute atomic E-state index is 0.204. The zero-order valence-electron chi connectivity index (χ0n) is 34.0. The Balaban J connectivity index is 1.19. The van der Waals surface area contributed by atoms with Gasteiger partial charge in [-0.05, 0) is 58.5 Å². The van der Waals surface area contributed by atoms with E-state index in [-0.39, 0.29) is 5.41 Å². The molecule has 290 valence electrons. The van der Waals surface area contributed by atoms with Gasteiger partial charge in [-0.15, -0.1) is 0 Å². The molecule has 13 aromatic rings. The number of para-hydroxylation sites is 5. The van der Waals surface area contributed by atoms with Gasteiger partial charge in [-0.1, -0.05) is 159 Å².